The van der Waals surface area contributed by atoms with Gasteiger partial charge in [0.05, 0.1) is 0 Å². The second-order valence-electron chi connectivity index (χ2n) is 4.02. The van der Waals surface area contributed by atoms with Gasteiger partial charge in [-0.25, -0.2) is 0 Å². The average Bonchev–Trinajstić information content (AvgIpc) is 2.47. The van der Waals surface area contributed by atoms with Gasteiger partial charge in [0, 0.05) is 11.3 Å². The molecule has 0 spiro atoms. The van der Waals surface area contributed by atoms with Crippen LogP contribution in [-0.2, 0) is 0 Å². The van der Waals surface area contributed by atoms with Crippen molar-refractivity contribution in [2.75, 3.05) is 5.73 Å². The third-order valence-corrected chi connectivity index (χ3v) is 3.34. The summed E-state index contributed by atoms with van der Waals surface area (Å²) in [5.74, 6) is 0.510. The molecule has 0 amide bonds. The molecule has 0 saturated carbocycles. The summed E-state index contributed by atoms with van der Waals surface area (Å²) in [5, 5.41) is 9.53. The van der Waals surface area contributed by atoms with Gasteiger partial charge in [-0.15, -0.1) is 10.2 Å². The normalized spacial score (nSPS) is 13.4. The van der Waals surface area contributed by atoms with Crippen molar-refractivity contribution in [1.29, 1.82) is 0 Å². The van der Waals surface area contributed by atoms with E-state index in [1.54, 1.807) is 11.8 Å². The van der Waals surface area contributed by atoms with Crippen LogP contribution in [0.25, 0.3) is 0 Å². The maximum Gasteiger partial charge on any atom is 0.222 e. The van der Waals surface area contributed by atoms with Gasteiger partial charge in [-0.05, 0) is 20.3 Å². The minimum Gasteiger partial charge on any atom is -0.368 e. The predicted molar refractivity (Wildman–Crippen MR) is 65.0 cm³/mol. The van der Waals surface area contributed by atoms with Crippen LogP contribution in [0.15, 0.2) is 5.16 Å². The lowest BCUT2D eigenvalue weighted by Crippen LogP contribution is -2.08. The van der Waals surface area contributed by atoms with Crippen molar-refractivity contribution in [3.63, 3.8) is 0 Å². The summed E-state index contributed by atoms with van der Waals surface area (Å²) >= 11 is 1.75. The first kappa shape index (κ1) is 12.4. The van der Waals surface area contributed by atoms with E-state index in [-0.39, 0.29) is 0 Å². The zero-order valence-electron chi connectivity index (χ0n) is 9.90. The molecular formula is C10H20N4S. The fourth-order valence-corrected chi connectivity index (χ4v) is 2.72. The van der Waals surface area contributed by atoms with Gasteiger partial charge in [0.2, 0.25) is 5.95 Å². The zero-order chi connectivity index (χ0) is 11.4. The number of hydrogen-bond donors (Lipinski definition) is 1. The molecule has 0 aliphatic rings. The first-order valence-corrected chi connectivity index (χ1v) is 6.31. The largest absolute Gasteiger partial charge is 0.368 e. The Morgan fingerprint density at radius 2 is 2.00 bits per heavy atom. The van der Waals surface area contributed by atoms with Crippen LogP contribution < -0.4 is 5.73 Å². The van der Waals surface area contributed by atoms with E-state index in [9.17, 15) is 0 Å². The van der Waals surface area contributed by atoms with Crippen LogP contribution in [0, 0.1) is 0 Å². The highest BCUT2D eigenvalue weighted by Gasteiger charge is 2.15. The third kappa shape index (κ3) is 3.12. The van der Waals surface area contributed by atoms with Crippen molar-refractivity contribution in [1.82, 2.24) is 14.8 Å². The molecule has 1 atom stereocenters. The van der Waals surface area contributed by atoms with E-state index in [1.165, 1.54) is 12.8 Å². The number of thioether (sulfide) groups is 1. The molecule has 4 nitrogen and oxygen atoms in total. The highest BCUT2D eigenvalue weighted by molar-refractivity contribution is 7.99. The van der Waals surface area contributed by atoms with Crippen molar-refractivity contribution >= 4 is 17.7 Å². The second kappa shape index (κ2) is 5.39. The van der Waals surface area contributed by atoms with Crippen molar-refractivity contribution in [3.8, 4) is 0 Å². The molecule has 0 radical (unpaired) electrons. The highest BCUT2D eigenvalue weighted by atomic mass is 32.2. The van der Waals surface area contributed by atoms with E-state index >= 15 is 0 Å². The molecule has 15 heavy (non-hydrogen) atoms. The van der Waals surface area contributed by atoms with Gasteiger partial charge in [-0.3, -0.25) is 4.57 Å². The minimum atomic E-state index is 0.316. The van der Waals surface area contributed by atoms with Crippen LogP contribution in [0.1, 0.15) is 46.6 Å². The Balaban J connectivity index is 2.76. The summed E-state index contributed by atoms with van der Waals surface area (Å²) in [7, 11) is 0. The fourth-order valence-electron chi connectivity index (χ4n) is 1.50. The Labute approximate surface area is 95.6 Å². The number of nitrogen functional groups attached to an aromatic ring is 1. The number of hydrogen-bond acceptors (Lipinski definition) is 4. The number of aromatic nitrogens is 3. The van der Waals surface area contributed by atoms with Crippen LogP contribution in [0.5, 0.6) is 0 Å². The van der Waals surface area contributed by atoms with Crippen LogP contribution >= 0.6 is 11.8 Å². The monoisotopic (exact) mass is 228 g/mol. The van der Waals surface area contributed by atoms with E-state index in [4.69, 9.17) is 5.73 Å². The average molecular weight is 228 g/mol. The maximum absolute atomic E-state index is 5.77. The number of nitrogens with two attached hydrogens (primary N) is 1. The van der Waals surface area contributed by atoms with Gasteiger partial charge in [0.1, 0.15) is 0 Å². The van der Waals surface area contributed by atoms with Gasteiger partial charge in [0.25, 0.3) is 0 Å². The third-order valence-electron chi connectivity index (χ3n) is 2.21. The van der Waals surface area contributed by atoms with Crippen LogP contribution in [-0.4, -0.2) is 20.0 Å². The molecular weight excluding hydrogens is 208 g/mol. The molecule has 0 aliphatic carbocycles. The van der Waals surface area contributed by atoms with Gasteiger partial charge in [-0.2, -0.15) is 0 Å². The Morgan fingerprint density at radius 3 is 2.53 bits per heavy atom. The predicted octanol–water partition coefficient (Wildman–Crippen LogP) is 2.72. The van der Waals surface area contributed by atoms with E-state index in [0.29, 0.717) is 17.2 Å². The topological polar surface area (TPSA) is 56.7 Å². The molecule has 0 aliphatic heterocycles. The zero-order valence-corrected chi connectivity index (χ0v) is 10.7. The standard InChI is InChI=1S/C10H20N4S/c1-5-6-8(4)15-10-13-12-9(11)14(10)7(2)3/h7-8H,5-6H2,1-4H3,(H2,11,12). The number of rotatable bonds is 5. The quantitative estimate of drug-likeness (QED) is 0.787. The van der Waals surface area contributed by atoms with Gasteiger partial charge >= 0.3 is 0 Å². The van der Waals surface area contributed by atoms with Crippen molar-refractivity contribution in [3.05, 3.63) is 0 Å². The SMILES string of the molecule is CCCC(C)Sc1nnc(N)n1C(C)C. The molecule has 1 aromatic heterocycles. The van der Waals surface area contributed by atoms with Gasteiger partial charge in [0.15, 0.2) is 5.16 Å². The lowest BCUT2D eigenvalue weighted by atomic mass is 10.3. The molecule has 1 heterocycles. The summed E-state index contributed by atoms with van der Waals surface area (Å²) in [4.78, 5) is 0. The molecule has 1 unspecified atom stereocenters. The van der Waals surface area contributed by atoms with E-state index in [1.807, 2.05) is 4.57 Å². The smallest absolute Gasteiger partial charge is 0.222 e. The van der Waals surface area contributed by atoms with Crippen LogP contribution in [0.3, 0.4) is 0 Å². The van der Waals surface area contributed by atoms with Gasteiger partial charge in [-0.1, -0.05) is 32.0 Å². The van der Waals surface area contributed by atoms with Crippen molar-refractivity contribution < 1.29 is 0 Å². The van der Waals surface area contributed by atoms with Crippen LogP contribution in [0.2, 0.25) is 0 Å². The fraction of sp³-hybridized carbons (Fsp3) is 0.800. The Bertz CT molecular complexity index is 308. The molecule has 2 N–H and O–H groups in total. The molecule has 1 rings (SSSR count). The lowest BCUT2D eigenvalue weighted by Gasteiger charge is -2.13. The van der Waals surface area contributed by atoms with E-state index < -0.39 is 0 Å². The summed E-state index contributed by atoms with van der Waals surface area (Å²) in [6.07, 6.45) is 2.38. The molecule has 1 aromatic rings. The molecule has 0 saturated heterocycles. The first-order chi connectivity index (χ1) is 7.06. The van der Waals surface area contributed by atoms with Crippen LogP contribution in [0.4, 0.5) is 5.95 Å². The summed E-state index contributed by atoms with van der Waals surface area (Å²) in [6, 6.07) is 0.316. The van der Waals surface area contributed by atoms with Crippen molar-refractivity contribution in [2.24, 2.45) is 0 Å². The van der Waals surface area contributed by atoms with Gasteiger partial charge < -0.3 is 5.73 Å². The summed E-state index contributed by atoms with van der Waals surface area (Å²) in [5.41, 5.74) is 5.77. The second-order valence-corrected chi connectivity index (χ2v) is 5.43. The Kier molecular flexibility index (Phi) is 4.45. The molecule has 5 heteroatoms. The molecule has 0 bridgehead atoms. The van der Waals surface area contributed by atoms with E-state index in [2.05, 4.69) is 37.9 Å². The number of anilines is 1. The summed E-state index contributed by atoms with van der Waals surface area (Å²) < 4.78 is 1.98. The first-order valence-electron chi connectivity index (χ1n) is 5.43. The lowest BCUT2D eigenvalue weighted by molar-refractivity contribution is 0.556. The van der Waals surface area contributed by atoms with Crippen molar-refractivity contribution in [2.45, 2.75) is 57.0 Å². The van der Waals surface area contributed by atoms with E-state index in [0.717, 1.165) is 5.16 Å². The molecule has 0 aromatic carbocycles. The Hall–Kier alpha value is -0.710. The molecule has 86 valence electrons. The highest BCUT2D eigenvalue weighted by Crippen LogP contribution is 2.27. The summed E-state index contributed by atoms with van der Waals surface area (Å²) in [6.45, 7) is 8.59. The Morgan fingerprint density at radius 1 is 1.33 bits per heavy atom. The maximum atomic E-state index is 5.77. The molecule has 0 fully saturated rings. The minimum absolute atomic E-state index is 0.316. The number of nitrogens with zero attached hydrogens (tertiary/aromatic N) is 3.